The Kier molecular flexibility index (Phi) is 9.82. The highest BCUT2D eigenvalue weighted by molar-refractivity contribution is 6.04. The number of carbonyl (C=O) groups is 2. The maximum absolute atomic E-state index is 12.1. The molecule has 0 heterocycles. The molecule has 0 aliphatic rings. The molecule has 0 saturated carbocycles. The van der Waals surface area contributed by atoms with Gasteiger partial charge in [-0.3, -0.25) is 0 Å². The van der Waals surface area contributed by atoms with Gasteiger partial charge in [0.25, 0.3) is 0 Å². The number of nitrogens with two attached hydrogens (primary N) is 2. The van der Waals surface area contributed by atoms with Crippen molar-refractivity contribution in [3.05, 3.63) is 0 Å². The molecule has 120 valence electrons. The molecule has 0 aromatic rings. The molecule has 0 aromatic carbocycles. The molecular formula is C13H27ClN2O4. The van der Waals surface area contributed by atoms with Crippen LogP contribution in [0.15, 0.2) is 0 Å². The Morgan fingerprint density at radius 2 is 1.65 bits per heavy atom. The van der Waals surface area contributed by atoms with E-state index < -0.39 is 23.1 Å². The Morgan fingerprint density at radius 3 is 2.05 bits per heavy atom. The second-order valence-corrected chi connectivity index (χ2v) is 5.44. The summed E-state index contributed by atoms with van der Waals surface area (Å²) in [7, 11) is 0. The quantitative estimate of drug-likeness (QED) is 0.415. The molecule has 1 atom stereocenters. The van der Waals surface area contributed by atoms with Crippen molar-refractivity contribution in [3.63, 3.8) is 0 Å². The Bertz CT molecular complexity index is 318. The maximum atomic E-state index is 12.1. The van der Waals surface area contributed by atoms with Gasteiger partial charge in [-0.1, -0.05) is 0 Å². The summed E-state index contributed by atoms with van der Waals surface area (Å²) in [6.07, 6.45) is 1.41. The molecule has 0 amide bonds. The molecule has 0 unspecified atom stereocenters. The summed E-state index contributed by atoms with van der Waals surface area (Å²) in [5.74, 6) is -1.50. The van der Waals surface area contributed by atoms with Gasteiger partial charge in [0, 0.05) is 0 Å². The Hall–Kier alpha value is -0.850. The Balaban J connectivity index is 0. The highest BCUT2D eigenvalue weighted by atomic mass is 35.5. The lowest BCUT2D eigenvalue weighted by Crippen LogP contribution is -2.57. The fourth-order valence-electron chi connectivity index (χ4n) is 1.46. The van der Waals surface area contributed by atoms with Crippen LogP contribution in [0.4, 0.5) is 0 Å². The average Bonchev–Trinajstić information content (AvgIpc) is 2.27. The Morgan fingerprint density at radius 1 is 1.10 bits per heavy atom. The van der Waals surface area contributed by atoms with Crippen LogP contribution in [0, 0.1) is 0 Å². The summed E-state index contributed by atoms with van der Waals surface area (Å²) in [4.78, 5) is 24.0. The summed E-state index contributed by atoms with van der Waals surface area (Å²) >= 11 is 0. The van der Waals surface area contributed by atoms with Crippen molar-refractivity contribution in [3.8, 4) is 0 Å². The van der Waals surface area contributed by atoms with E-state index in [1.807, 2.05) is 0 Å². The van der Waals surface area contributed by atoms with E-state index in [4.69, 9.17) is 20.9 Å². The van der Waals surface area contributed by atoms with Crippen molar-refractivity contribution in [1.82, 2.24) is 0 Å². The van der Waals surface area contributed by atoms with Gasteiger partial charge in [0.1, 0.15) is 5.60 Å². The normalized spacial score (nSPS) is 13.9. The minimum Gasteiger partial charge on any atom is -0.464 e. The molecule has 20 heavy (non-hydrogen) atoms. The molecule has 7 heteroatoms. The molecule has 0 aromatic heterocycles. The predicted octanol–water partition coefficient (Wildman–Crippen LogP) is 1.14. The zero-order valence-corrected chi connectivity index (χ0v) is 13.5. The topological polar surface area (TPSA) is 105 Å². The van der Waals surface area contributed by atoms with E-state index in [1.165, 1.54) is 0 Å². The highest BCUT2D eigenvalue weighted by Crippen LogP contribution is 2.19. The van der Waals surface area contributed by atoms with E-state index in [2.05, 4.69) is 0 Å². The van der Waals surface area contributed by atoms with Crippen LogP contribution >= 0.6 is 12.4 Å². The molecule has 0 aliphatic carbocycles. The molecule has 0 spiro atoms. The van der Waals surface area contributed by atoms with Crippen molar-refractivity contribution in [2.75, 3.05) is 13.2 Å². The third-order valence-corrected chi connectivity index (χ3v) is 2.43. The van der Waals surface area contributed by atoms with E-state index in [1.54, 1.807) is 27.7 Å². The fraction of sp³-hybridized carbons (Fsp3) is 0.846. The monoisotopic (exact) mass is 310 g/mol. The second-order valence-electron chi connectivity index (χ2n) is 5.44. The number of halogens is 1. The van der Waals surface area contributed by atoms with Crippen LogP contribution in [0.25, 0.3) is 0 Å². The summed E-state index contributed by atoms with van der Waals surface area (Å²) in [6.45, 7) is 7.46. The van der Waals surface area contributed by atoms with E-state index in [0.29, 0.717) is 19.4 Å². The third kappa shape index (κ3) is 7.07. The molecule has 0 radical (unpaired) electrons. The summed E-state index contributed by atoms with van der Waals surface area (Å²) in [5, 5.41) is 0. The number of rotatable bonds is 7. The standard InChI is InChI=1S/C13H26N2O4.ClH/c1-5-18-10(16)13(15,8-6-7-9-14)11(17)19-12(2,3)4;/h5-9,14-15H2,1-4H3;1H/t13-;/m0./s1. The van der Waals surface area contributed by atoms with Crippen molar-refractivity contribution in [2.24, 2.45) is 11.5 Å². The van der Waals surface area contributed by atoms with Gasteiger partial charge in [0.15, 0.2) is 0 Å². The summed E-state index contributed by atoms with van der Waals surface area (Å²) < 4.78 is 10.1. The molecule has 6 nitrogen and oxygen atoms in total. The second kappa shape index (κ2) is 9.15. The molecule has 0 aliphatic heterocycles. The molecule has 0 fully saturated rings. The van der Waals surface area contributed by atoms with Crippen molar-refractivity contribution < 1.29 is 19.1 Å². The first-order chi connectivity index (χ1) is 8.67. The van der Waals surface area contributed by atoms with Gasteiger partial charge in [0.2, 0.25) is 5.54 Å². The molecule has 0 rings (SSSR count). The van der Waals surface area contributed by atoms with E-state index in [9.17, 15) is 9.59 Å². The summed E-state index contributed by atoms with van der Waals surface area (Å²) in [6, 6.07) is 0. The number of ether oxygens (including phenoxy) is 2. The molecule has 4 N–H and O–H groups in total. The highest BCUT2D eigenvalue weighted by Gasteiger charge is 2.46. The molecule has 0 saturated heterocycles. The minimum absolute atomic E-state index is 0. The predicted molar refractivity (Wildman–Crippen MR) is 79.5 cm³/mol. The van der Waals surface area contributed by atoms with Gasteiger partial charge in [-0.2, -0.15) is 0 Å². The lowest BCUT2D eigenvalue weighted by Gasteiger charge is -2.29. The van der Waals surface area contributed by atoms with Crippen LogP contribution in [-0.2, 0) is 19.1 Å². The third-order valence-electron chi connectivity index (χ3n) is 2.43. The first-order valence-corrected chi connectivity index (χ1v) is 6.57. The molecule has 0 bridgehead atoms. The van der Waals surface area contributed by atoms with Gasteiger partial charge in [-0.05, 0) is 53.5 Å². The van der Waals surface area contributed by atoms with Crippen LogP contribution < -0.4 is 11.5 Å². The number of esters is 2. The zero-order valence-electron chi connectivity index (χ0n) is 12.7. The smallest absolute Gasteiger partial charge is 0.338 e. The van der Waals surface area contributed by atoms with Crippen LogP contribution in [0.5, 0.6) is 0 Å². The number of hydrogen-bond acceptors (Lipinski definition) is 6. The maximum Gasteiger partial charge on any atom is 0.338 e. The van der Waals surface area contributed by atoms with Crippen molar-refractivity contribution in [1.29, 1.82) is 0 Å². The fourth-order valence-corrected chi connectivity index (χ4v) is 1.46. The molecular weight excluding hydrogens is 284 g/mol. The largest absolute Gasteiger partial charge is 0.464 e. The van der Waals surface area contributed by atoms with E-state index >= 15 is 0 Å². The number of unbranched alkanes of at least 4 members (excludes halogenated alkanes) is 1. The lowest BCUT2D eigenvalue weighted by atomic mass is 9.93. The van der Waals surface area contributed by atoms with Crippen LogP contribution in [-0.4, -0.2) is 36.2 Å². The first-order valence-electron chi connectivity index (χ1n) is 6.57. The van der Waals surface area contributed by atoms with Crippen molar-refractivity contribution >= 4 is 24.3 Å². The Labute approximate surface area is 127 Å². The summed E-state index contributed by atoms with van der Waals surface area (Å²) in [5.41, 5.74) is 8.87. The van der Waals surface area contributed by atoms with Crippen LogP contribution in [0.1, 0.15) is 47.0 Å². The first kappa shape index (κ1) is 21.4. The van der Waals surface area contributed by atoms with Crippen LogP contribution in [0.3, 0.4) is 0 Å². The van der Waals surface area contributed by atoms with Gasteiger partial charge in [-0.25, -0.2) is 9.59 Å². The van der Waals surface area contributed by atoms with Gasteiger partial charge >= 0.3 is 11.9 Å². The van der Waals surface area contributed by atoms with E-state index in [0.717, 1.165) is 0 Å². The lowest BCUT2D eigenvalue weighted by molar-refractivity contribution is -0.171. The van der Waals surface area contributed by atoms with Gasteiger partial charge < -0.3 is 20.9 Å². The van der Waals surface area contributed by atoms with Crippen LogP contribution in [0.2, 0.25) is 0 Å². The average molecular weight is 311 g/mol. The van der Waals surface area contributed by atoms with Crippen molar-refractivity contribution in [2.45, 2.75) is 58.1 Å². The van der Waals surface area contributed by atoms with Gasteiger partial charge in [0.05, 0.1) is 6.61 Å². The number of hydrogen-bond donors (Lipinski definition) is 2. The minimum atomic E-state index is -1.75. The van der Waals surface area contributed by atoms with E-state index in [-0.39, 0.29) is 25.4 Å². The van der Waals surface area contributed by atoms with Gasteiger partial charge in [-0.15, -0.1) is 12.4 Å². The zero-order chi connectivity index (χ0) is 15.1. The number of carbonyl (C=O) groups excluding carboxylic acids is 2. The SMILES string of the molecule is CCOC(=O)[C@@](N)(CCCCN)C(=O)OC(C)(C)C.Cl.